The third-order valence-corrected chi connectivity index (χ3v) is 3.94. The number of halogens is 2. The van der Waals surface area contributed by atoms with Crippen LogP contribution in [0.3, 0.4) is 0 Å². The van der Waals surface area contributed by atoms with Gasteiger partial charge in [-0.3, -0.25) is 0 Å². The van der Waals surface area contributed by atoms with Crippen LogP contribution in [-0.2, 0) is 4.74 Å². The van der Waals surface area contributed by atoms with Crippen LogP contribution in [-0.4, -0.2) is 12.6 Å². The normalized spacial score (nSPS) is 9.77. The summed E-state index contributed by atoms with van der Waals surface area (Å²) in [4.78, 5) is 11.4. The van der Waals surface area contributed by atoms with Gasteiger partial charge in [-0.2, -0.15) is 0 Å². The van der Waals surface area contributed by atoms with Crippen molar-refractivity contribution < 1.29 is 9.53 Å². The Morgan fingerprint density at radius 1 is 1.62 bits per heavy atom. The number of carbonyl (C=O) groups excluding carboxylic acids is 1. The van der Waals surface area contributed by atoms with E-state index >= 15 is 0 Å². The molecule has 1 rings (SSSR count). The van der Waals surface area contributed by atoms with Crippen molar-refractivity contribution in [1.29, 1.82) is 0 Å². The number of hydrogen-bond acceptors (Lipinski definition) is 2. The van der Waals surface area contributed by atoms with Gasteiger partial charge in [0.2, 0.25) is 0 Å². The minimum Gasteiger partial charge on any atom is -0.462 e. The predicted octanol–water partition coefficient (Wildman–Crippen LogP) is 3.23. The van der Waals surface area contributed by atoms with Crippen LogP contribution in [0.4, 0.5) is 0 Å². The smallest absolute Gasteiger partial charge is 0.339 e. The van der Waals surface area contributed by atoms with E-state index in [9.17, 15) is 4.79 Å². The molecule has 0 atom stereocenters. The summed E-state index contributed by atoms with van der Waals surface area (Å²) in [6, 6.07) is 5.50. The molecular weight excluding hydrogens is 347 g/mol. The topological polar surface area (TPSA) is 26.3 Å². The molecule has 0 spiro atoms. The van der Waals surface area contributed by atoms with E-state index in [2.05, 4.69) is 38.5 Å². The lowest BCUT2D eigenvalue weighted by Gasteiger charge is -2.04. The van der Waals surface area contributed by atoms with E-state index in [1.807, 2.05) is 12.1 Å². The summed E-state index contributed by atoms with van der Waals surface area (Å²) < 4.78 is 6.69. The molecule has 0 amide bonds. The van der Waals surface area contributed by atoms with Crippen molar-refractivity contribution in [3.05, 3.63) is 31.8 Å². The Hall–Kier alpha value is -0.100. The zero-order valence-electron chi connectivity index (χ0n) is 7.01. The summed E-state index contributed by atoms with van der Waals surface area (Å²) in [6.45, 7) is 2.19. The zero-order valence-corrected chi connectivity index (χ0v) is 10.8. The fourth-order valence-corrected chi connectivity index (χ4v) is 1.79. The molecule has 1 aromatic rings. The van der Waals surface area contributed by atoms with Crippen molar-refractivity contribution in [2.75, 3.05) is 6.61 Å². The molecule has 2 nitrogen and oxygen atoms in total. The molecule has 0 aliphatic heterocycles. The van der Waals surface area contributed by atoms with E-state index in [1.165, 1.54) is 0 Å². The van der Waals surface area contributed by atoms with Gasteiger partial charge < -0.3 is 4.74 Å². The van der Waals surface area contributed by atoms with Crippen molar-refractivity contribution in [3.8, 4) is 0 Å². The first-order valence-electron chi connectivity index (χ1n) is 3.78. The molecule has 0 heterocycles. The highest BCUT2D eigenvalue weighted by Crippen LogP contribution is 2.23. The van der Waals surface area contributed by atoms with Crippen LogP contribution in [0.2, 0.25) is 0 Å². The van der Waals surface area contributed by atoms with Gasteiger partial charge in [-0.05, 0) is 57.6 Å². The van der Waals surface area contributed by atoms with Crippen LogP contribution in [0.5, 0.6) is 0 Å². The van der Waals surface area contributed by atoms with Gasteiger partial charge in [0, 0.05) is 8.04 Å². The van der Waals surface area contributed by atoms with Gasteiger partial charge in [0.1, 0.15) is 0 Å². The molecule has 0 saturated heterocycles. The van der Waals surface area contributed by atoms with E-state index in [-0.39, 0.29) is 5.97 Å². The molecule has 4 heteroatoms. The Morgan fingerprint density at radius 3 is 2.92 bits per heavy atom. The van der Waals surface area contributed by atoms with E-state index in [4.69, 9.17) is 4.74 Å². The number of benzene rings is 1. The van der Waals surface area contributed by atoms with Crippen LogP contribution in [0.25, 0.3) is 0 Å². The lowest BCUT2D eigenvalue weighted by atomic mass is 10.2. The van der Waals surface area contributed by atoms with Gasteiger partial charge in [0.05, 0.1) is 12.2 Å². The molecule has 70 valence electrons. The number of rotatable bonds is 2. The van der Waals surface area contributed by atoms with Crippen molar-refractivity contribution in [3.63, 3.8) is 0 Å². The summed E-state index contributed by atoms with van der Waals surface area (Å²) in [5.41, 5.74) is 0.578. The number of hydrogen-bond donors (Lipinski definition) is 0. The van der Waals surface area contributed by atoms with E-state index in [1.54, 1.807) is 13.0 Å². The van der Waals surface area contributed by atoms with Crippen molar-refractivity contribution in [2.24, 2.45) is 0 Å². The summed E-state index contributed by atoms with van der Waals surface area (Å²) in [6.07, 6.45) is 0. The Kier molecular flexibility index (Phi) is 4.18. The molecule has 0 aromatic heterocycles. The first-order chi connectivity index (χ1) is 6.16. The highest BCUT2D eigenvalue weighted by atomic mass is 127. The molecule has 13 heavy (non-hydrogen) atoms. The summed E-state index contributed by atoms with van der Waals surface area (Å²) in [7, 11) is 0. The quantitative estimate of drug-likeness (QED) is 0.602. The van der Waals surface area contributed by atoms with Crippen molar-refractivity contribution >= 4 is 44.5 Å². The predicted molar refractivity (Wildman–Crippen MR) is 62.8 cm³/mol. The number of esters is 1. The SMILES string of the molecule is CCOC(=O)c1cccc(I)c1Br. The second kappa shape index (κ2) is 4.95. The van der Waals surface area contributed by atoms with Crippen LogP contribution in [0.1, 0.15) is 17.3 Å². The minimum atomic E-state index is -0.284. The molecule has 0 unspecified atom stereocenters. The Labute approximate surface area is 98.9 Å². The van der Waals surface area contributed by atoms with Crippen LogP contribution in [0, 0.1) is 3.57 Å². The fraction of sp³-hybridized carbons (Fsp3) is 0.222. The Morgan fingerprint density at radius 2 is 2.31 bits per heavy atom. The van der Waals surface area contributed by atoms with Gasteiger partial charge >= 0.3 is 5.97 Å². The Bertz CT molecular complexity index is 325. The second-order valence-electron chi connectivity index (χ2n) is 2.32. The molecule has 0 fully saturated rings. The molecule has 1 aromatic carbocycles. The molecule has 0 N–H and O–H groups in total. The summed E-state index contributed by atoms with van der Waals surface area (Å²) in [5.74, 6) is -0.284. The van der Waals surface area contributed by atoms with Gasteiger partial charge in [0.25, 0.3) is 0 Å². The zero-order chi connectivity index (χ0) is 9.84. The molecule has 0 radical (unpaired) electrons. The number of carbonyl (C=O) groups is 1. The second-order valence-corrected chi connectivity index (χ2v) is 4.28. The first-order valence-corrected chi connectivity index (χ1v) is 5.65. The maximum Gasteiger partial charge on any atom is 0.339 e. The molecule has 0 aliphatic rings. The third kappa shape index (κ3) is 2.67. The van der Waals surface area contributed by atoms with Crippen LogP contribution < -0.4 is 0 Å². The summed E-state index contributed by atoms with van der Waals surface area (Å²) in [5, 5.41) is 0. The van der Waals surface area contributed by atoms with Gasteiger partial charge in [-0.25, -0.2) is 4.79 Å². The molecule has 0 aliphatic carbocycles. The van der Waals surface area contributed by atoms with Gasteiger partial charge in [0.15, 0.2) is 0 Å². The van der Waals surface area contributed by atoms with Crippen molar-refractivity contribution in [2.45, 2.75) is 6.92 Å². The fourth-order valence-electron chi connectivity index (χ4n) is 0.870. The lowest BCUT2D eigenvalue weighted by Crippen LogP contribution is -2.05. The average Bonchev–Trinajstić information content (AvgIpc) is 2.10. The standard InChI is InChI=1S/C9H8BrIO2/c1-2-13-9(12)6-4-3-5-7(11)8(6)10/h3-5H,2H2,1H3. The summed E-state index contributed by atoms with van der Waals surface area (Å²) >= 11 is 5.50. The van der Waals surface area contributed by atoms with Gasteiger partial charge in [-0.15, -0.1) is 0 Å². The maximum absolute atomic E-state index is 11.4. The van der Waals surface area contributed by atoms with Crippen LogP contribution in [0.15, 0.2) is 22.7 Å². The van der Waals surface area contributed by atoms with Crippen molar-refractivity contribution in [1.82, 2.24) is 0 Å². The third-order valence-electron chi connectivity index (χ3n) is 1.45. The highest BCUT2D eigenvalue weighted by molar-refractivity contribution is 14.1. The molecule has 0 bridgehead atoms. The average molecular weight is 355 g/mol. The lowest BCUT2D eigenvalue weighted by molar-refractivity contribution is 0.0525. The monoisotopic (exact) mass is 354 g/mol. The first kappa shape index (κ1) is 11.0. The van der Waals surface area contributed by atoms with E-state index < -0.39 is 0 Å². The highest BCUT2D eigenvalue weighted by Gasteiger charge is 2.11. The van der Waals surface area contributed by atoms with E-state index in [0.29, 0.717) is 12.2 Å². The van der Waals surface area contributed by atoms with E-state index in [0.717, 1.165) is 8.04 Å². The molecular formula is C9H8BrIO2. The van der Waals surface area contributed by atoms with Crippen LogP contribution >= 0.6 is 38.5 Å². The van der Waals surface area contributed by atoms with Gasteiger partial charge in [-0.1, -0.05) is 6.07 Å². The largest absolute Gasteiger partial charge is 0.462 e. The Balaban J connectivity index is 3.01. The maximum atomic E-state index is 11.4. The molecule has 0 saturated carbocycles. The number of ether oxygens (including phenoxy) is 1. The minimum absolute atomic E-state index is 0.284.